The molecule has 0 rings (SSSR count). The second-order valence-corrected chi connectivity index (χ2v) is 5.92. The molecule has 0 heterocycles. The average molecular weight is 191 g/mol. The summed E-state index contributed by atoms with van der Waals surface area (Å²) in [4.78, 5) is 0. The van der Waals surface area contributed by atoms with E-state index in [9.17, 15) is 0 Å². The summed E-state index contributed by atoms with van der Waals surface area (Å²) in [5.41, 5.74) is 5.23. The van der Waals surface area contributed by atoms with Gasteiger partial charge in [-0.3, -0.25) is 0 Å². The predicted molar refractivity (Wildman–Crippen MR) is 61.8 cm³/mol. The van der Waals surface area contributed by atoms with Crippen LogP contribution in [0.2, 0.25) is 0 Å². The van der Waals surface area contributed by atoms with Gasteiger partial charge in [0.15, 0.2) is 0 Å². The quantitative estimate of drug-likeness (QED) is 0.725. The van der Waals surface area contributed by atoms with Crippen molar-refractivity contribution in [1.29, 1.82) is 0 Å². The highest BCUT2D eigenvalue weighted by Gasteiger charge is 2.04. The van der Waals surface area contributed by atoms with Gasteiger partial charge in [-0.05, 0) is 25.1 Å². The van der Waals surface area contributed by atoms with Crippen molar-refractivity contribution >= 4 is 11.8 Å². The summed E-state index contributed by atoms with van der Waals surface area (Å²) >= 11 is 1.88. The van der Waals surface area contributed by atoms with Crippen molar-refractivity contribution in [3.8, 4) is 0 Å². The molecule has 1 nitrogen and oxygen atoms in total. The third kappa shape index (κ3) is 22.4. The van der Waals surface area contributed by atoms with E-state index in [0.29, 0.717) is 4.75 Å². The fraction of sp³-hybridized carbons (Fsp3) is 1.00. The Kier molecular flexibility index (Phi) is 9.79. The first-order chi connectivity index (χ1) is 5.33. The lowest BCUT2D eigenvalue weighted by atomic mass is 10.1. The first kappa shape index (κ1) is 14.8. The van der Waals surface area contributed by atoms with Crippen LogP contribution in [0.15, 0.2) is 0 Å². The minimum atomic E-state index is 0.458. The van der Waals surface area contributed by atoms with E-state index in [1.807, 2.05) is 11.8 Å². The zero-order chi connectivity index (χ0) is 10.2. The van der Waals surface area contributed by atoms with Crippen LogP contribution in [-0.4, -0.2) is 17.5 Å². The highest BCUT2D eigenvalue weighted by molar-refractivity contribution is 7.99. The molecule has 0 aliphatic rings. The third-order valence-electron chi connectivity index (χ3n) is 1.36. The fourth-order valence-electron chi connectivity index (χ4n) is 0.333. The molecule has 0 spiro atoms. The Balaban J connectivity index is 0. The number of thioether (sulfide) groups is 1. The Morgan fingerprint density at radius 1 is 1.25 bits per heavy atom. The second kappa shape index (κ2) is 7.93. The van der Waals surface area contributed by atoms with E-state index in [0.717, 1.165) is 18.9 Å². The molecule has 0 bridgehead atoms. The summed E-state index contributed by atoms with van der Waals surface area (Å²) in [7, 11) is 0. The molecule has 0 aliphatic carbocycles. The zero-order valence-electron chi connectivity index (χ0n) is 9.48. The molecule has 76 valence electrons. The number of rotatable bonds is 2. The van der Waals surface area contributed by atoms with Crippen molar-refractivity contribution in [2.75, 3.05) is 12.8 Å². The van der Waals surface area contributed by atoms with Crippen LogP contribution in [-0.2, 0) is 0 Å². The molecule has 2 heteroatoms. The second-order valence-electron chi connectivity index (χ2n) is 4.29. The molecule has 0 fully saturated rings. The van der Waals surface area contributed by atoms with Gasteiger partial charge < -0.3 is 5.73 Å². The van der Waals surface area contributed by atoms with Crippen LogP contribution in [0.4, 0.5) is 0 Å². The zero-order valence-corrected chi connectivity index (χ0v) is 10.3. The number of hydrogen-bond donors (Lipinski definition) is 1. The van der Waals surface area contributed by atoms with Crippen molar-refractivity contribution in [3.05, 3.63) is 0 Å². The van der Waals surface area contributed by atoms with Crippen LogP contribution in [0.5, 0.6) is 0 Å². The number of hydrogen-bond acceptors (Lipinski definition) is 2. The van der Waals surface area contributed by atoms with Gasteiger partial charge in [-0.25, -0.2) is 0 Å². The highest BCUT2D eigenvalue weighted by Crippen LogP contribution is 2.18. The molecule has 12 heavy (non-hydrogen) atoms. The van der Waals surface area contributed by atoms with Gasteiger partial charge >= 0.3 is 0 Å². The van der Waals surface area contributed by atoms with E-state index in [2.05, 4.69) is 40.9 Å². The van der Waals surface area contributed by atoms with Gasteiger partial charge in [-0.15, -0.1) is 0 Å². The summed E-state index contributed by atoms with van der Waals surface area (Å²) in [5, 5.41) is 0. The first-order valence-electron chi connectivity index (χ1n) is 4.58. The maximum atomic E-state index is 5.23. The Labute approximate surface area is 82.5 Å². The highest BCUT2D eigenvalue weighted by atomic mass is 32.2. The minimum absolute atomic E-state index is 0.458. The molecular formula is C10H25NS. The van der Waals surface area contributed by atoms with E-state index in [1.54, 1.807) is 0 Å². The van der Waals surface area contributed by atoms with Gasteiger partial charge in [0.05, 0.1) is 0 Å². The van der Waals surface area contributed by atoms with Crippen LogP contribution in [0.3, 0.4) is 0 Å². The molecule has 0 saturated heterocycles. The Morgan fingerprint density at radius 3 is 1.58 bits per heavy atom. The Bertz CT molecular complexity index is 84.3. The standard InChI is InChI=1S/C5H13N.C5H12S/c1-5(2)3-4-6;1-5(2,3)6-4/h5H,3-4,6H2,1-2H3;1-4H3. The summed E-state index contributed by atoms with van der Waals surface area (Å²) in [6.07, 6.45) is 3.28. The van der Waals surface area contributed by atoms with Crippen LogP contribution >= 0.6 is 11.8 Å². The molecule has 0 radical (unpaired) electrons. The van der Waals surface area contributed by atoms with Crippen LogP contribution in [0, 0.1) is 5.92 Å². The maximum Gasteiger partial charge on any atom is 0.00723 e. The molecule has 0 saturated carbocycles. The van der Waals surface area contributed by atoms with Gasteiger partial charge in [0, 0.05) is 4.75 Å². The number of nitrogens with two attached hydrogens (primary N) is 1. The minimum Gasteiger partial charge on any atom is -0.330 e. The lowest BCUT2D eigenvalue weighted by Gasteiger charge is -2.12. The molecule has 0 aromatic carbocycles. The van der Waals surface area contributed by atoms with Crippen LogP contribution < -0.4 is 5.73 Å². The van der Waals surface area contributed by atoms with Gasteiger partial charge in [-0.2, -0.15) is 11.8 Å². The Morgan fingerprint density at radius 2 is 1.58 bits per heavy atom. The predicted octanol–water partition coefficient (Wildman–Crippen LogP) is 3.14. The van der Waals surface area contributed by atoms with Gasteiger partial charge in [0.1, 0.15) is 0 Å². The normalized spacial score (nSPS) is 11.0. The fourth-order valence-corrected chi connectivity index (χ4v) is 0.333. The monoisotopic (exact) mass is 191 g/mol. The topological polar surface area (TPSA) is 26.0 Å². The average Bonchev–Trinajstić information content (AvgIpc) is 1.87. The van der Waals surface area contributed by atoms with Gasteiger partial charge in [0.25, 0.3) is 0 Å². The molecule has 0 unspecified atom stereocenters. The first-order valence-corrected chi connectivity index (χ1v) is 5.81. The van der Waals surface area contributed by atoms with Crippen LogP contribution in [0.1, 0.15) is 41.0 Å². The molecule has 0 aromatic rings. The van der Waals surface area contributed by atoms with Crippen molar-refractivity contribution in [2.24, 2.45) is 11.7 Å². The molecular weight excluding hydrogens is 166 g/mol. The van der Waals surface area contributed by atoms with Gasteiger partial charge in [0.2, 0.25) is 0 Å². The van der Waals surface area contributed by atoms with E-state index >= 15 is 0 Å². The lowest BCUT2D eigenvalue weighted by Crippen LogP contribution is -2.04. The third-order valence-corrected chi connectivity index (χ3v) is 2.58. The molecule has 2 N–H and O–H groups in total. The molecule has 0 amide bonds. The van der Waals surface area contributed by atoms with E-state index in [-0.39, 0.29) is 0 Å². The van der Waals surface area contributed by atoms with Crippen LogP contribution in [0.25, 0.3) is 0 Å². The van der Waals surface area contributed by atoms with Crippen molar-refractivity contribution in [1.82, 2.24) is 0 Å². The van der Waals surface area contributed by atoms with Gasteiger partial charge in [-0.1, -0.05) is 34.6 Å². The van der Waals surface area contributed by atoms with Crippen molar-refractivity contribution in [2.45, 2.75) is 45.8 Å². The summed E-state index contributed by atoms with van der Waals surface area (Å²) in [6, 6.07) is 0. The summed E-state index contributed by atoms with van der Waals surface area (Å²) in [6.45, 7) is 11.8. The summed E-state index contributed by atoms with van der Waals surface area (Å²) < 4.78 is 0.458. The Hall–Kier alpha value is 0.310. The van der Waals surface area contributed by atoms with E-state index in [4.69, 9.17) is 5.73 Å². The smallest absolute Gasteiger partial charge is 0.00723 e. The molecule has 0 aliphatic heterocycles. The lowest BCUT2D eigenvalue weighted by molar-refractivity contribution is 0.596. The SMILES string of the molecule is CC(C)CCN.CSC(C)(C)C. The van der Waals surface area contributed by atoms with Crippen molar-refractivity contribution in [3.63, 3.8) is 0 Å². The van der Waals surface area contributed by atoms with E-state index in [1.165, 1.54) is 0 Å². The van der Waals surface area contributed by atoms with Crippen molar-refractivity contribution < 1.29 is 0 Å². The maximum absolute atomic E-state index is 5.23. The molecule has 0 aromatic heterocycles. The summed E-state index contributed by atoms with van der Waals surface area (Å²) in [5.74, 6) is 0.773. The largest absolute Gasteiger partial charge is 0.330 e. The van der Waals surface area contributed by atoms with E-state index < -0.39 is 0 Å². The molecule has 0 atom stereocenters.